The van der Waals surface area contributed by atoms with Crippen molar-refractivity contribution in [1.82, 2.24) is 0 Å². The zero-order chi connectivity index (χ0) is 10.7. The maximum absolute atomic E-state index is 9.78. The second kappa shape index (κ2) is 4.64. The molecule has 1 aliphatic rings. The van der Waals surface area contributed by atoms with Crippen molar-refractivity contribution in [1.29, 1.82) is 0 Å². The van der Waals surface area contributed by atoms with Crippen LogP contribution in [-0.4, -0.2) is 24.9 Å². The lowest BCUT2D eigenvalue weighted by atomic mass is 9.85. The number of phenols is 1. The van der Waals surface area contributed by atoms with Gasteiger partial charge < -0.3 is 15.6 Å². The molecule has 0 aliphatic carbocycles. The molecule has 2 unspecified atom stereocenters. The van der Waals surface area contributed by atoms with Crippen molar-refractivity contribution in [2.75, 3.05) is 19.8 Å². The zero-order valence-electron chi connectivity index (χ0n) is 8.73. The molecular formula is C12H17NO2. The molecule has 1 aromatic carbocycles. The van der Waals surface area contributed by atoms with Gasteiger partial charge in [-0.25, -0.2) is 0 Å². The third-order valence-corrected chi connectivity index (χ3v) is 3.12. The summed E-state index contributed by atoms with van der Waals surface area (Å²) >= 11 is 0. The van der Waals surface area contributed by atoms with Gasteiger partial charge in [0.05, 0.1) is 6.61 Å². The molecule has 0 amide bonds. The second-order valence-corrected chi connectivity index (χ2v) is 4.02. The number of rotatable bonds is 3. The highest BCUT2D eigenvalue weighted by Gasteiger charge is 2.27. The Bertz CT molecular complexity index is 321. The average molecular weight is 207 g/mol. The first-order valence-electron chi connectivity index (χ1n) is 5.38. The number of phenolic OH excluding ortho intramolecular Hbond substituents is 1. The molecule has 15 heavy (non-hydrogen) atoms. The monoisotopic (exact) mass is 207 g/mol. The minimum atomic E-state index is 0.216. The van der Waals surface area contributed by atoms with Gasteiger partial charge in [-0.3, -0.25) is 0 Å². The van der Waals surface area contributed by atoms with E-state index in [9.17, 15) is 5.11 Å². The Labute approximate surface area is 89.9 Å². The number of hydrogen-bond donors (Lipinski definition) is 2. The molecular weight excluding hydrogens is 190 g/mol. The molecule has 1 fully saturated rings. The lowest BCUT2D eigenvalue weighted by Crippen LogP contribution is -2.21. The van der Waals surface area contributed by atoms with E-state index >= 15 is 0 Å². The Hall–Kier alpha value is -1.06. The molecule has 1 aliphatic heterocycles. The standard InChI is InChI=1S/C12H17NO2/c13-7-11(9-5-6-15-8-9)10-3-1-2-4-12(10)14/h1-4,9,11,14H,5-8,13H2. The van der Waals surface area contributed by atoms with Crippen LogP contribution in [0.3, 0.4) is 0 Å². The minimum Gasteiger partial charge on any atom is -0.508 e. The van der Waals surface area contributed by atoms with Gasteiger partial charge in [-0.1, -0.05) is 18.2 Å². The summed E-state index contributed by atoms with van der Waals surface area (Å²) in [7, 11) is 0. The van der Waals surface area contributed by atoms with Gasteiger partial charge in [-0.2, -0.15) is 0 Å². The number of aromatic hydroxyl groups is 1. The molecule has 3 heteroatoms. The van der Waals surface area contributed by atoms with Crippen LogP contribution in [0.25, 0.3) is 0 Å². The molecule has 0 saturated carbocycles. The van der Waals surface area contributed by atoms with E-state index in [1.54, 1.807) is 6.07 Å². The van der Waals surface area contributed by atoms with Crippen molar-refractivity contribution in [3.05, 3.63) is 29.8 Å². The summed E-state index contributed by atoms with van der Waals surface area (Å²) in [6.45, 7) is 2.14. The maximum atomic E-state index is 9.78. The topological polar surface area (TPSA) is 55.5 Å². The first-order valence-corrected chi connectivity index (χ1v) is 5.38. The SMILES string of the molecule is NCC(c1ccccc1O)C1CCOC1. The maximum Gasteiger partial charge on any atom is 0.119 e. The Morgan fingerprint density at radius 2 is 2.27 bits per heavy atom. The molecule has 2 rings (SSSR count). The molecule has 3 nitrogen and oxygen atoms in total. The van der Waals surface area contributed by atoms with Crippen molar-refractivity contribution in [3.63, 3.8) is 0 Å². The van der Waals surface area contributed by atoms with Crippen LogP contribution in [0.1, 0.15) is 17.9 Å². The van der Waals surface area contributed by atoms with E-state index < -0.39 is 0 Å². The van der Waals surface area contributed by atoms with Gasteiger partial charge in [0.15, 0.2) is 0 Å². The summed E-state index contributed by atoms with van der Waals surface area (Å²) in [4.78, 5) is 0. The number of benzene rings is 1. The van der Waals surface area contributed by atoms with Gasteiger partial charge in [0.2, 0.25) is 0 Å². The minimum absolute atomic E-state index is 0.216. The van der Waals surface area contributed by atoms with Crippen LogP contribution in [-0.2, 0) is 4.74 Å². The molecule has 0 radical (unpaired) electrons. The first kappa shape index (κ1) is 10.5. The fraction of sp³-hybridized carbons (Fsp3) is 0.500. The number of ether oxygens (including phenoxy) is 1. The van der Waals surface area contributed by atoms with E-state index in [0.717, 1.165) is 25.2 Å². The zero-order valence-corrected chi connectivity index (χ0v) is 8.73. The van der Waals surface area contributed by atoms with Crippen LogP contribution in [0.4, 0.5) is 0 Å². The van der Waals surface area contributed by atoms with Crippen LogP contribution >= 0.6 is 0 Å². The summed E-state index contributed by atoms with van der Waals surface area (Å²) < 4.78 is 5.36. The van der Waals surface area contributed by atoms with Gasteiger partial charge >= 0.3 is 0 Å². The molecule has 3 N–H and O–H groups in total. The lowest BCUT2D eigenvalue weighted by molar-refractivity contribution is 0.180. The molecule has 0 spiro atoms. The summed E-state index contributed by atoms with van der Waals surface area (Å²) in [5.74, 6) is 1.01. The predicted molar refractivity (Wildman–Crippen MR) is 58.8 cm³/mol. The highest BCUT2D eigenvalue weighted by atomic mass is 16.5. The molecule has 1 aromatic rings. The average Bonchev–Trinajstić information content (AvgIpc) is 2.75. The quantitative estimate of drug-likeness (QED) is 0.789. The summed E-state index contributed by atoms with van der Waals surface area (Å²) in [5.41, 5.74) is 6.74. The highest BCUT2D eigenvalue weighted by molar-refractivity contribution is 5.35. The van der Waals surface area contributed by atoms with Crippen LogP contribution in [0.5, 0.6) is 5.75 Å². The van der Waals surface area contributed by atoms with Crippen molar-refractivity contribution < 1.29 is 9.84 Å². The van der Waals surface area contributed by atoms with E-state index in [1.807, 2.05) is 18.2 Å². The molecule has 2 atom stereocenters. The third-order valence-electron chi connectivity index (χ3n) is 3.12. The number of hydrogen-bond acceptors (Lipinski definition) is 3. The van der Waals surface area contributed by atoms with Crippen LogP contribution in [0.15, 0.2) is 24.3 Å². The van der Waals surface area contributed by atoms with Crippen molar-refractivity contribution in [2.45, 2.75) is 12.3 Å². The normalized spacial score (nSPS) is 22.9. The highest BCUT2D eigenvalue weighted by Crippen LogP contribution is 2.34. The van der Waals surface area contributed by atoms with Crippen LogP contribution < -0.4 is 5.73 Å². The molecule has 1 saturated heterocycles. The van der Waals surface area contributed by atoms with E-state index in [1.165, 1.54) is 0 Å². The largest absolute Gasteiger partial charge is 0.508 e. The van der Waals surface area contributed by atoms with Crippen molar-refractivity contribution in [2.24, 2.45) is 11.7 Å². The number of para-hydroxylation sites is 1. The smallest absolute Gasteiger partial charge is 0.119 e. The van der Waals surface area contributed by atoms with Gasteiger partial charge in [0, 0.05) is 12.5 Å². The van der Waals surface area contributed by atoms with Crippen LogP contribution in [0.2, 0.25) is 0 Å². The molecule has 0 bridgehead atoms. The Morgan fingerprint density at radius 3 is 2.87 bits per heavy atom. The Balaban J connectivity index is 2.22. The first-order chi connectivity index (χ1) is 7.33. The second-order valence-electron chi connectivity index (χ2n) is 4.02. The summed E-state index contributed by atoms with van der Waals surface area (Å²) in [5, 5.41) is 9.78. The van der Waals surface area contributed by atoms with E-state index in [-0.39, 0.29) is 5.92 Å². The predicted octanol–water partition coefficient (Wildman–Crippen LogP) is 1.47. The molecule has 0 aromatic heterocycles. The fourth-order valence-corrected chi connectivity index (χ4v) is 2.24. The lowest BCUT2D eigenvalue weighted by Gasteiger charge is -2.21. The number of nitrogens with two attached hydrogens (primary N) is 1. The van der Waals surface area contributed by atoms with Gasteiger partial charge in [0.1, 0.15) is 5.75 Å². The van der Waals surface area contributed by atoms with E-state index in [2.05, 4.69) is 0 Å². The third kappa shape index (κ3) is 2.13. The summed E-state index contributed by atoms with van der Waals surface area (Å²) in [6, 6.07) is 7.43. The van der Waals surface area contributed by atoms with Gasteiger partial charge in [-0.05, 0) is 30.5 Å². The Kier molecular flexibility index (Phi) is 3.23. The van der Waals surface area contributed by atoms with Gasteiger partial charge in [-0.15, -0.1) is 0 Å². The van der Waals surface area contributed by atoms with E-state index in [0.29, 0.717) is 18.2 Å². The van der Waals surface area contributed by atoms with Crippen LogP contribution in [0, 0.1) is 5.92 Å². The fourth-order valence-electron chi connectivity index (χ4n) is 2.24. The summed E-state index contributed by atoms with van der Waals surface area (Å²) in [6.07, 6.45) is 1.04. The van der Waals surface area contributed by atoms with E-state index in [4.69, 9.17) is 10.5 Å². The molecule has 1 heterocycles. The van der Waals surface area contributed by atoms with Crippen molar-refractivity contribution >= 4 is 0 Å². The van der Waals surface area contributed by atoms with Crippen molar-refractivity contribution in [3.8, 4) is 5.75 Å². The Morgan fingerprint density at radius 1 is 1.47 bits per heavy atom. The van der Waals surface area contributed by atoms with Gasteiger partial charge in [0.25, 0.3) is 0 Å². The molecule has 82 valence electrons.